The molecule has 0 aliphatic rings. The van der Waals surface area contributed by atoms with E-state index in [0.29, 0.717) is 6.07 Å². The molecule has 0 bridgehead atoms. The molecule has 2 aromatic heterocycles. The third kappa shape index (κ3) is 3.95. The fourth-order valence-electron chi connectivity index (χ4n) is 3.84. The van der Waals surface area contributed by atoms with Gasteiger partial charge in [-0.1, -0.05) is 6.07 Å². The van der Waals surface area contributed by atoms with Gasteiger partial charge in [0.15, 0.2) is 0 Å². The first-order valence-electron chi connectivity index (χ1n) is 10.00. The Hall–Kier alpha value is -3.73. The van der Waals surface area contributed by atoms with Gasteiger partial charge in [0.05, 0.1) is 35.5 Å². The molecule has 4 rings (SSSR count). The van der Waals surface area contributed by atoms with Gasteiger partial charge in [-0.15, -0.1) is 0 Å². The Balaban J connectivity index is 1.88. The zero-order valence-electron chi connectivity index (χ0n) is 18.1. The van der Waals surface area contributed by atoms with Crippen LogP contribution in [0, 0.1) is 17.5 Å². The summed E-state index contributed by atoms with van der Waals surface area (Å²) in [5, 5.41) is 15.6. The minimum absolute atomic E-state index is 0.00451. The van der Waals surface area contributed by atoms with E-state index in [2.05, 4.69) is 15.1 Å². The summed E-state index contributed by atoms with van der Waals surface area (Å²) in [6.45, 7) is 1.19. The number of anilines is 1. The van der Waals surface area contributed by atoms with Gasteiger partial charge in [0.1, 0.15) is 35.7 Å². The number of hydrogen-bond donors (Lipinski definition) is 1. The number of benzene rings is 2. The van der Waals surface area contributed by atoms with Gasteiger partial charge in [-0.25, -0.2) is 27.8 Å². The Labute approximate surface area is 186 Å². The molecule has 4 aromatic rings. The first kappa shape index (κ1) is 22.5. The molecule has 2 aromatic carbocycles. The van der Waals surface area contributed by atoms with Crippen molar-refractivity contribution >= 4 is 16.6 Å². The van der Waals surface area contributed by atoms with Crippen molar-refractivity contribution in [3.05, 3.63) is 82.7 Å². The standard InChI is InChI=1S/C22H21F3N6O2/c1-13(31-12-27-19-8-20(29(2)3)18(25)7-15(19)21(31)32)22(33,9-30-11-26-10-28-30)16-5-4-14(23)6-17(16)24/h4-8,10-13,33H,9H2,1-3H3/t13-,22-/m1/s1. The van der Waals surface area contributed by atoms with Crippen molar-refractivity contribution in [1.29, 1.82) is 0 Å². The Morgan fingerprint density at radius 3 is 2.52 bits per heavy atom. The number of aromatic nitrogens is 5. The highest BCUT2D eigenvalue weighted by Crippen LogP contribution is 2.36. The third-order valence-electron chi connectivity index (χ3n) is 5.71. The second-order valence-corrected chi connectivity index (χ2v) is 7.99. The van der Waals surface area contributed by atoms with E-state index in [-0.39, 0.29) is 28.7 Å². The lowest BCUT2D eigenvalue weighted by Gasteiger charge is -2.35. The molecule has 11 heteroatoms. The average molecular weight is 458 g/mol. The quantitative estimate of drug-likeness (QED) is 0.478. The van der Waals surface area contributed by atoms with Crippen molar-refractivity contribution in [2.24, 2.45) is 0 Å². The Morgan fingerprint density at radius 1 is 1.12 bits per heavy atom. The normalized spacial score (nSPS) is 14.3. The molecular formula is C22H21F3N6O2. The van der Waals surface area contributed by atoms with Crippen LogP contribution < -0.4 is 10.5 Å². The smallest absolute Gasteiger partial charge is 0.261 e. The fraction of sp³-hybridized carbons (Fsp3) is 0.273. The number of halogens is 3. The number of rotatable bonds is 6. The molecule has 0 amide bonds. The summed E-state index contributed by atoms with van der Waals surface area (Å²) in [6, 6.07) is 4.19. The van der Waals surface area contributed by atoms with E-state index in [1.807, 2.05) is 0 Å². The summed E-state index contributed by atoms with van der Waals surface area (Å²) in [7, 11) is 3.32. The zero-order valence-corrected chi connectivity index (χ0v) is 18.1. The maximum absolute atomic E-state index is 14.8. The van der Waals surface area contributed by atoms with E-state index in [0.717, 1.165) is 22.8 Å². The topological polar surface area (TPSA) is 89.1 Å². The molecule has 0 saturated carbocycles. The summed E-state index contributed by atoms with van der Waals surface area (Å²) < 4.78 is 45.2. The van der Waals surface area contributed by atoms with Gasteiger partial charge in [0.25, 0.3) is 5.56 Å². The minimum Gasteiger partial charge on any atom is -0.381 e. The van der Waals surface area contributed by atoms with Crippen molar-refractivity contribution < 1.29 is 18.3 Å². The van der Waals surface area contributed by atoms with Crippen LogP contribution in [0.5, 0.6) is 0 Å². The third-order valence-corrected chi connectivity index (χ3v) is 5.71. The maximum Gasteiger partial charge on any atom is 0.261 e. The summed E-state index contributed by atoms with van der Waals surface area (Å²) in [6.07, 6.45) is 3.76. The summed E-state index contributed by atoms with van der Waals surface area (Å²) in [5.74, 6) is -2.42. The minimum atomic E-state index is -2.06. The highest BCUT2D eigenvalue weighted by Gasteiger charge is 2.41. The second kappa shape index (κ2) is 8.32. The summed E-state index contributed by atoms with van der Waals surface area (Å²) in [5.41, 5.74) is -2.41. The van der Waals surface area contributed by atoms with Crippen molar-refractivity contribution in [1.82, 2.24) is 24.3 Å². The van der Waals surface area contributed by atoms with Gasteiger partial charge in [-0.2, -0.15) is 5.10 Å². The molecule has 0 spiro atoms. The molecule has 0 unspecified atom stereocenters. The van der Waals surface area contributed by atoms with Crippen LogP contribution in [0.4, 0.5) is 18.9 Å². The summed E-state index contributed by atoms with van der Waals surface area (Å²) >= 11 is 0. The van der Waals surface area contributed by atoms with Gasteiger partial charge < -0.3 is 10.0 Å². The van der Waals surface area contributed by atoms with Gasteiger partial charge >= 0.3 is 0 Å². The van der Waals surface area contributed by atoms with E-state index < -0.39 is 34.7 Å². The second-order valence-electron chi connectivity index (χ2n) is 7.99. The first-order valence-corrected chi connectivity index (χ1v) is 10.00. The van der Waals surface area contributed by atoms with Crippen LogP contribution in [0.2, 0.25) is 0 Å². The average Bonchev–Trinajstić information content (AvgIpc) is 3.26. The van der Waals surface area contributed by atoms with E-state index in [1.165, 1.54) is 36.7 Å². The maximum atomic E-state index is 14.8. The van der Waals surface area contributed by atoms with Crippen molar-refractivity contribution in [2.45, 2.75) is 25.1 Å². The lowest BCUT2D eigenvalue weighted by molar-refractivity contribution is -0.0343. The van der Waals surface area contributed by atoms with Gasteiger partial charge in [0.2, 0.25) is 0 Å². The van der Waals surface area contributed by atoms with Gasteiger partial charge in [-0.3, -0.25) is 9.36 Å². The molecule has 0 aliphatic carbocycles. The van der Waals surface area contributed by atoms with E-state index in [9.17, 15) is 23.1 Å². The highest BCUT2D eigenvalue weighted by atomic mass is 19.1. The molecule has 0 saturated heterocycles. The van der Waals surface area contributed by atoms with Gasteiger partial charge in [0, 0.05) is 25.7 Å². The van der Waals surface area contributed by atoms with Gasteiger partial charge in [-0.05, 0) is 25.1 Å². The van der Waals surface area contributed by atoms with Crippen molar-refractivity contribution in [3.63, 3.8) is 0 Å². The van der Waals surface area contributed by atoms with Crippen LogP contribution in [0.1, 0.15) is 18.5 Å². The predicted octanol–water partition coefficient (Wildman–Crippen LogP) is 2.62. The van der Waals surface area contributed by atoms with E-state index in [1.54, 1.807) is 19.0 Å². The molecule has 1 N–H and O–H groups in total. The Morgan fingerprint density at radius 2 is 1.88 bits per heavy atom. The molecular weight excluding hydrogens is 437 g/mol. The van der Waals surface area contributed by atoms with Crippen LogP contribution >= 0.6 is 0 Å². The monoisotopic (exact) mass is 458 g/mol. The first-order chi connectivity index (χ1) is 15.6. The van der Waals surface area contributed by atoms with Crippen LogP contribution in [0.15, 0.2) is 54.1 Å². The molecule has 2 heterocycles. The Bertz CT molecular complexity index is 1370. The number of hydrogen-bond acceptors (Lipinski definition) is 6. The molecule has 172 valence electrons. The Kier molecular flexibility index (Phi) is 5.66. The SMILES string of the molecule is C[C@@H](n1cnc2cc(N(C)C)c(F)cc2c1=O)[C@](O)(Cn1cncn1)c1ccc(F)cc1F. The van der Waals surface area contributed by atoms with E-state index >= 15 is 0 Å². The van der Waals surface area contributed by atoms with Crippen LogP contribution in [0.25, 0.3) is 10.9 Å². The number of fused-ring (bicyclic) bond motifs is 1. The van der Waals surface area contributed by atoms with Crippen molar-refractivity contribution in [2.75, 3.05) is 19.0 Å². The largest absolute Gasteiger partial charge is 0.381 e. The van der Waals surface area contributed by atoms with E-state index in [4.69, 9.17) is 0 Å². The zero-order chi connectivity index (χ0) is 23.9. The van der Waals surface area contributed by atoms with Crippen molar-refractivity contribution in [3.8, 4) is 0 Å². The lowest BCUT2D eigenvalue weighted by Crippen LogP contribution is -2.43. The summed E-state index contributed by atoms with van der Waals surface area (Å²) in [4.78, 5) is 22.9. The number of aliphatic hydroxyl groups is 1. The predicted molar refractivity (Wildman–Crippen MR) is 115 cm³/mol. The molecule has 0 aliphatic heterocycles. The van der Waals surface area contributed by atoms with Crippen LogP contribution in [-0.4, -0.2) is 43.5 Å². The lowest BCUT2D eigenvalue weighted by atomic mass is 9.86. The highest BCUT2D eigenvalue weighted by molar-refractivity contribution is 5.81. The molecule has 0 fully saturated rings. The molecule has 8 nitrogen and oxygen atoms in total. The van der Waals surface area contributed by atoms with Crippen LogP contribution in [-0.2, 0) is 12.1 Å². The fourth-order valence-corrected chi connectivity index (χ4v) is 3.84. The molecule has 2 atom stereocenters. The van der Waals surface area contributed by atoms with Crippen LogP contribution in [0.3, 0.4) is 0 Å². The number of nitrogens with zero attached hydrogens (tertiary/aromatic N) is 6. The molecule has 33 heavy (non-hydrogen) atoms. The molecule has 0 radical (unpaired) electrons.